The van der Waals surface area contributed by atoms with Gasteiger partial charge in [-0.1, -0.05) is 13.5 Å². The zero-order valence-corrected chi connectivity index (χ0v) is 9.30. The molecule has 0 spiro atoms. The summed E-state index contributed by atoms with van der Waals surface area (Å²) < 4.78 is 9.69. The summed E-state index contributed by atoms with van der Waals surface area (Å²) in [5.41, 5.74) is 0. The zero-order chi connectivity index (χ0) is 12.9. The monoisotopic (exact) mass is 244 g/mol. The maximum absolute atomic E-state index is 9.69. The van der Waals surface area contributed by atoms with Crippen molar-refractivity contribution in [2.24, 2.45) is 0 Å². The van der Waals surface area contributed by atoms with Gasteiger partial charge in [-0.3, -0.25) is 4.57 Å². The molecule has 92 valence electrons. The quantitative estimate of drug-likeness (QED) is 0.330. The number of aliphatic hydroxyl groups excluding tert-OH is 2. The number of carboxylic acids is 1. The number of carboxylic acid groups (broad SMARTS) is 1. The van der Waals surface area contributed by atoms with Crippen molar-refractivity contribution in [1.82, 2.24) is 0 Å². The highest BCUT2D eigenvalue weighted by Gasteiger charge is 2.05. The van der Waals surface area contributed by atoms with Crippen LogP contribution in [-0.4, -0.2) is 50.5 Å². The summed E-state index contributed by atoms with van der Waals surface area (Å²) in [7, 11) is -3.65. The van der Waals surface area contributed by atoms with Crippen LogP contribution in [0, 0.1) is 0 Å². The molecule has 7 nitrogen and oxygen atoms in total. The highest BCUT2D eigenvalue weighted by molar-refractivity contribution is 7.51. The number of aliphatic carboxylic acids is 1. The van der Waals surface area contributed by atoms with Gasteiger partial charge in [-0.2, -0.15) is 0 Å². The van der Waals surface area contributed by atoms with Gasteiger partial charge in [-0.15, -0.1) is 0 Å². The summed E-state index contributed by atoms with van der Waals surface area (Å²) in [6.45, 7) is 4.16. The van der Waals surface area contributed by atoms with Crippen LogP contribution in [0.4, 0.5) is 0 Å². The zero-order valence-electron chi connectivity index (χ0n) is 8.41. The van der Waals surface area contributed by atoms with Crippen molar-refractivity contribution >= 4 is 13.6 Å². The lowest BCUT2D eigenvalue weighted by atomic mass is 10.7. The van der Waals surface area contributed by atoms with E-state index >= 15 is 0 Å². The van der Waals surface area contributed by atoms with E-state index in [-0.39, 0.29) is 19.4 Å². The van der Waals surface area contributed by atoms with Crippen molar-refractivity contribution < 1.29 is 34.5 Å². The molecule has 5 N–H and O–H groups in total. The molecular formula is C7H17O7P. The summed E-state index contributed by atoms with van der Waals surface area (Å²) in [6.07, 6.45) is 0.771. The number of hydrogen-bond donors (Lipinski definition) is 5. The summed E-state index contributed by atoms with van der Waals surface area (Å²) in [5, 5.41) is 22.9. The fourth-order valence-corrected chi connectivity index (χ4v) is 0. The average molecular weight is 244 g/mol. The fraction of sp³-hybridized carbons (Fsp3) is 0.571. The van der Waals surface area contributed by atoms with Crippen LogP contribution >= 0.6 is 7.60 Å². The Morgan fingerprint density at radius 2 is 1.53 bits per heavy atom. The maximum atomic E-state index is 9.69. The highest BCUT2D eigenvalue weighted by atomic mass is 31.2. The molecule has 0 aliphatic rings. The molecular weight excluding hydrogens is 227 g/mol. The Morgan fingerprint density at radius 3 is 1.53 bits per heavy atom. The third kappa shape index (κ3) is 60.6. The Hall–Kier alpha value is -0.720. The molecule has 0 rings (SSSR count). The molecule has 8 heteroatoms. The van der Waals surface area contributed by atoms with Gasteiger partial charge in [0, 0.05) is 12.2 Å². The van der Waals surface area contributed by atoms with Crippen LogP contribution in [0.1, 0.15) is 6.92 Å². The van der Waals surface area contributed by atoms with E-state index < -0.39 is 13.6 Å². The molecule has 0 aromatic heterocycles. The number of carbonyl (C=O) groups is 1. The lowest BCUT2D eigenvalue weighted by molar-refractivity contribution is -0.131. The van der Waals surface area contributed by atoms with Gasteiger partial charge in [0.1, 0.15) is 0 Å². The average Bonchev–Trinajstić information content (AvgIpc) is 2.18. The van der Waals surface area contributed by atoms with Crippen LogP contribution in [0.25, 0.3) is 0 Å². The van der Waals surface area contributed by atoms with E-state index in [2.05, 4.69) is 6.58 Å². The van der Waals surface area contributed by atoms with Gasteiger partial charge in [-0.05, 0) is 0 Å². The molecule has 0 bridgehead atoms. The molecule has 0 fully saturated rings. The van der Waals surface area contributed by atoms with Crippen LogP contribution in [0.15, 0.2) is 12.7 Å². The van der Waals surface area contributed by atoms with E-state index in [4.69, 9.17) is 25.1 Å². The van der Waals surface area contributed by atoms with Crippen LogP contribution in [0.5, 0.6) is 0 Å². The Kier molecular flexibility index (Phi) is 17.5. The Bertz CT molecular complexity index is 196. The first-order valence-corrected chi connectivity index (χ1v) is 5.66. The first kappa shape index (κ1) is 19.8. The standard InChI is InChI=1S/C3H4O2.C2H7O3P.C2H6O2/c1-2-3(4)5;1-2-6(3,4)5;3-1-2-4/h2H,1H2,(H,4,5);2H2,1H3,(H2,3,4,5);3-4H,1-2H2. The number of rotatable bonds is 3. The summed E-state index contributed by atoms with van der Waals surface area (Å²) in [5.74, 6) is -0.981. The Morgan fingerprint density at radius 1 is 1.33 bits per heavy atom. The maximum Gasteiger partial charge on any atom is 0.327 e. The fourth-order valence-electron chi connectivity index (χ4n) is 0. The highest BCUT2D eigenvalue weighted by Crippen LogP contribution is 2.32. The molecule has 0 unspecified atom stereocenters. The summed E-state index contributed by atoms with van der Waals surface area (Å²) >= 11 is 0. The molecule has 0 heterocycles. The van der Waals surface area contributed by atoms with Crippen molar-refractivity contribution in [3.63, 3.8) is 0 Å². The topological polar surface area (TPSA) is 135 Å². The molecule has 0 aromatic carbocycles. The Labute approximate surface area is 87.8 Å². The molecule has 15 heavy (non-hydrogen) atoms. The minimum atomic E-state index is -3.65. The van der Waals surface area contributed by atoms with Crippen LogP contribution in [0.3, 0.4) is 0 Å². The largest absolute Gasteiger partial charge is 0.478 e. The molecule has 0 aliphatic carbocycles. The SMILES string of the molecule is C=CC(=O)O.CCP(=O)(O)O.OCCO. The second-order valence-electron chi connectivity index (χ2n) is 1.97. The third-order valence-corrected chi connectivity index (χ3v) is 1.51. The number of hydrogen-bond acceptors (Lipinski definition) is 4. The van der Waals surface area contributed by atoms with Gasteiger partial charge in [-0.25, -0.2) is 4.79 Å². The van der Waals surface area contributed by atoms with Crippen molar-refractivity contribution in [2.75, 3.05) is 19.4 Å². The summed E-state index contributed by atoms with van der Waals surface area (Å²) in [6, 6.07) is 0. The van der Waals surface area contributed by atoms with E-state index in [9.17, 15) is 9.36 Å². The molecule has 0 aromatic rings. The minimum Gasteiger partial charge on any atom is -0.478 e. The normalized spacial score (nSPS) is 8.87. The Balaban J connectivity index is -0.000000147. The van der Waals surface area contributed by atoms with Gasteiger partial charge in [0.15, 0.2) is 0 Å². The van der Waals surface area contributed by atoms with E-state index in [0.717, 1.165) is 6.08 Å². The molecule has 0 amide bonds. The van der Waals surface area contributed by atoms with Crippen molar-refractivity contribution in [3.8, 4) is 0 Å². The predicted octanol–water partition coefficient (Wildman–Crippen LogP) is -0.588. The summed E-state index contributed by atoms with van der Waals surface area (Å²) in [4.78, 5) is 25.1. The smallest absolute Gasteiger partial charge is 0.327 e. The van der Waals surface area contributed by atoms with Gasteiger partial charge >= 0.3 is 13.6 Å². The lowest BCUT2D eigenvalue weighted by Crippen LogP contribution is -1.85. The van der Waals surface area contributed by atoms with Crippen molar-refractivity contribution in [1.29, 1.82) is 0 Å². The van der Waals surface area contributed by atoms with Crippen molar-refractivity contribution in [2.45, 2.75) is 6.92 Å². The minimum absolute atomic E-state index is 0.0625. The molecule has 0 aliphatic heterocycles. The molecule has 0 saturated heterocycles. The van der Waals surface area contributed by atoms with E-state index in [1.807, 2.05) is 0 Å². The number of aliphatic hydroxyl groups is 2. The second kappa shape index (κ2) is 13.3. The van der Waals surface area contributed by atoms with E-state index in [1.54, 1.807) is 0 Å². The predicted molar refractivity (Wildman–Crippen MR) is 54.6 cm³/mol. The molecule has 0 saturated carbocycles. The first-order chi connectivity index (χ1) is 6.74. The third-order valence-electron chi connectivity index (χ3n) is 0.687. The van der Waals surface area contributed by atoms with Gasteiger partial charge in [0.2, 0.25) is 0 Å². The molecule has 0 atom stereocenters. The van der Waals surface area contributed by atoms with Crippen LogP contribution in [-0.2, 0) is 9.36 Å². The van der Waals surface area contributed by atoms with Gasteiger partial charge in [0.25, 0.3) is 0 Å². The van der Waals surface area contributed by atoms with Crippen molar-refractivity contribution in [3.05, 3.63) is 12.7 Å². The van der Waals surface area contributed by atoms with E-state index in [1.165, 1.54) is 6.92 Å². The van der Waals surface area contributed by atoms with Gasteiger partial charge in [0.05, 0.1) is 13.2 Å². The van der Waals surface area contributed by atoms with Gasteiger partial charge < -0.3 is 25.1 Å². The van der Waals surface area contributed by atoms with Crippen LogP contribution < -0.4 is 0 Å². The van der Waals surface area contributed by atoms with E-state index in [0.29, 0.717) is 0 Å². The lowest BCUT2D eigenvalue weighted by Gasteiger charge is -1.92. The molecule has 0 radical (unpaired) electrons. The van der Waals surface area contributed by atoms with Crippen LogP contribution in [0.2, 0.25) is 0 Å². The first-order valence-electron chi connectivity index (χ1n) is 3.86. The second-order valence-corrected chi connectivity index (χ2v) is 3.93.